The summed E-state index contributed by atoms with van der Waals surface area (Å²) >= 11 is 3.41. The Bertz CT molecular complexity index is 310. The van der Waals surface area contributed by atoms with E-state index in [2.05, 4.69) is 15.9 Å². The molecule has 0 aromatic heterocycles. The molecule has 0 saturated carbocycles. The zero-order chi connectivity index (χ0) is 10.4. The quantitative estimate of drug-likeness (QED) is 0.758. The number of rotatable bonds is 5. The molecule has 2 nitrogen and oxygen atoms in total. The van der Waals surface area contributed by atoms with Crippen LogP contribution in [0.2, 0.25) is 0 Å². The van der Waals surface area contributed by atoms with Crippen LogP contribution in [0.5, 0.6) is 0 Å². The van der Waals surface area contributed by atoms with Crippen LogP contribution in [0.4, 0.5) is 0 Å². The van der Waals surface area contributed by atoms with E-state index in [4.69, 9.17) is 4.74 Å². The summed E-state index contributed by atoms with van der Waals surface area (Å²) in [6, 6.07) is 6.05. The molecule has 0 heterocycles. The average molecular weight is 257 g/mol. The van der Waals surface area contributed by atoms with Gasteiger partial charge in [0.05, 0.1) is 6.61 Å². The largest absolute Gasteiger partial charge is 0.380 e. The highest BCUT2D eigenvalue weighted by atomic mass is 79.9. The number of hydrogen-bond donors (Lipinski definition) is 0. The van der Waals surface area contributed by atoms with Gasteiger partial charge in [-0.2, -0.15) is 0 Å². The van der Waals surface area contributed by atoms with Crippen LogP contribution in [0.1, 0.15) is 17.5 Å². The molecule has 1 aromatic rings. The Labute approximate surface area is 92.4 Å². The molecule has 0 spiro atoms. The van der Waals surface area contributed by atoms with Gasteiger partial charge in [-0.25, -0.2) is 0 Å². The minimum absolute atomic E-state index is 0.563. The highest BCUT2D eigenvalue weighted by molar-refractivity contribution is 9.10. The molecule has 0 N–H and O–H groups in total. The standard InChI is InChI=1S/C11H13BrO2/c1-14-8-10-4-5-11(12)7-9(10)3-2-6-13/h4-7H,2-3,8H2,1H3. The number of halogens is 1. The molecule has 0 amide bonds. The van der Waals surface area contributed by atoms with E-state index in [1.54, 1.807) is 7.11 Å². The molecule has 0 aliphatic heterocycles. The number of aldehydes is 1. The van der Waals surface area contributed by atoms with E-state index in [0.717, 1.165) is 22.7 Å². The average Bonchev–Trinajstić information content (AvgIpc) is 2.18. The first-order chi connectivity index (χ1) is 6.77. The van der Waals surface area contributed by atoms with Crippen LogP contribution >= 0.6 is 15.9 Å². The summed E-state index contributed by atoms with van der Waals surface area (Å²) in [7, 11) is 1.67. The SMILES string of the molecule is COCc1ccc(Br)cc1CCC=O. The lowest BCUT2D eigenvalue weighted by molar-refractivity contribution is -0.107. The summed E-state index contributed by atoms with van der Waals surface area (Å²) in [5, 5.41) is 0. The molecular formula is C11H13BrO2. The lowest BCUT2D eigenvalue weighted by Gasteiger charge is -2.07. The molecule has 0 aliphatic rings. The molecule has 0 atom stereocenters. The van der Waals surface area contributed by atoms with Crippen molar-refractivity contribution < 1.29 is 9.53 Å². The summed E-state index contributed by atoms with van der Waals surface area (Å²) in [4.78, 5) is 10.3. The van der Waals surface area contributed by atoms with Crippen LogP contribution in [-0.2, 0) is 22.6 Å². The van der Waals surface area contributed by atoms with E-state index < -0.39 is 0 Å². The lowest BCUT2D eigenvalue weighted by atomic mass is 10.0. The highest BCUT2D eigenvalue weighted by Crippen LogP contribution is 2.18. The van der Waals surface area contributed by atoms with Gasteiger partial charge >= 0.3 is 0 Å². The topological polar surface area (TPSA) is 26.3 Å². The molecule has 0 unspecified atom stereocenters. The minimum Gasteiger partial charge on any atom is -0.380 e. The molecule has 0 saturated heterocycles. The number of benzene rings is 1. The molecule has 0 radical (unpaired) electrons. The predicted molar refractivity (Wildman–Crippen MR) is 59.2 cm³/mol. The Balaban J connectivity index is 2.84. The summed E-state index contributed by atoms with van der Waals surface area (Å²) in [5.74, 6) is 0. The number of carbonyl (C=O) groups excluding carboxylic acids is 1. The number of ether oxygens (including phenoxy) is 1. The van der Waals surface area contributed by atoms with E-state index in [1.807, 2.05) is 18.2 Å². The van der Waals surface area contributed by atoms with Crippen molar-refractivity contribution in [2.75, 3.05) is 7.11 Å². The molecule has 0 bridgehead atoms. The van der Waals surface area contributed by atoms with Gasteiger partial charge in [0.1, 0.15) is 6.29 Å². The molecule has 1 aromatic carbocycles. The van der Waals surface area contributed by atoms with E-state index >= 15 is 0 Å². The Morgan fingerprint density at radius 1 is 1.43 bits per heavy atom. The minimum atomic E-state index is 0.563. The van der Waals surface area contributed by atoms with Gasteiger partial charge in [-0.15, -0.1) is 0 Å². The number of hydrogen-bond acceptors (Lipinski definition) is 2. The Morgan fingerprint density at radius 3 is 2.86 bits per heavy atom. The van der Waals surface area contributed by atoms with Crippen molar-refractivity contribution in [1.82, 2.24) is 0 Å². The van der Waals surface area contributed by atoms with E-state index in [-0.39, 0.29) is 0 Å². The second kappa shape index (κ2) is 5.94. The summed E-state index contributed by atoms with van der Waals surface area (Å²) < 4.78 is 6.12. The maximum atomic E-state index is 10.3. The van der Waals surface area contributed by atoms with Gasteiger partial charge in [0.25, 0.3) is 0 Å². The number of aryl methyl sites for hydroxylation is 1. The lowest BCUT2D eigenvalue weighted by Crippen LogP contribution is -1.96. The summed E-state index contributed by atoms with van der Waals surface area (Å²) in [6.07, 6.45) is 2.28. The maximum absolute atomic E-state index is 10.3. The Hall–Kier alpha value is -0.670. The smallest absolute Gasteiger partial charge is 0.120 e. The van der Waals surface area contributed by atoms with Crippen molar-refractivity contribution in [3.8, 4) is 0 Å². The zero-order valence-electron chi connectivity index (χ0n) is 8.13. The van der Waals surface area contributed by atoms with Crippen molar-refractivity contribution in [3.63, 3.8) is 0 Å². The molecule has 3 heteroatoms. The van der Waals surface area contributed by atoms with E-state index in [1.165, 1.54) is 5.56 Å². The molecule has 76 valence electrons. The second-order valence-corrected chi connectivity index (χ2v) is 3.97. The maximum Gasteiger partial charge on any atom is 0.120 e. The highest BCUT2D eigenvalue weighted by Gasteiger charge is 2.02. The van der Waals surface area contributed by atoms with Crippen molar-refractivity contribution in [2.45, 2.75) is 19.4 Å². The third-order valence-electron chi connectivity index (χ3n) is 2.00. The molecule has 1 rings (SSSR count). The van der Waals surface area contributed by atoms with Crippen molar-refractivity contribution in [1.29, 1.82) is 0 Å². The van der Waals surface area contributed by atoms with Crippen molar-refractivity contribution in [2.24, 2.45) is 0 Å². The van der Waals surface area contributed by atoms with Gasteiger partial charge in [0.15, 0.2) is 0 Å². The van der Waals surface area contributed by atoms with Crippen molar-refractivity contribution >= 4 is 22.2 Å². The molecule has 0 aliphatic carbocycles. The predicted octanol–water partition coefficient (Wildman–Crippen LogP) is 2.73. The molecular weight excluding hydrogens is 244 g/mol. The van der Waals surface area contributed by atoms with Crippen LogP contribution in [0, 0.1) is 0 Å². The molecule has 0 fully saturated rings. The Kier molecular flexibility index (Phi) is 4.84. The fourth-order valence-electron chi connectivity index (χ4n) is 1.34. The van der Waals surface area contributed by atoms with Crippen molar-refractivity contribution in [3.05, 3.63) is 33.8 Å². The summed E-state index contributed by atoms with van der Waals surface area (Å²) in [6.45, 7) is 0.599. The third-order valence-corrected chi connectivity index (χ3v) is 2.49. The van der Waals surface area contributed by atoms with Crippen LogP contribution < -0.4 is 0 Å². The first-order valence-electron chi connectivity index (χ1n) is 4.47. The monoisotopic (exact) mass is 256 g/mol. The van der Waals surface area contributed by atoms with E-state index in [9.17, 15) is 4.79 Å². The van der Waals surface area contributed by atoms with Gasteiger partial charge in [-0.05, 0) is 29.7 Å². The zero-order valence-corrected chi connectivity index (χ0v) is 9.71. The Morgan fingerprint density at radius 2 is 2.21 bits per heavy atom. The van der Waals surface area contributed by atoms with Crippen LogP contribution in [0.3, 0.4) is 0 Å². The van der Waals surface area contributed by atoms with Crippen LogP contribution in [0.15, 0.2) is 22.7 Å². The number of carbonyl (C=O) groups is 1. The second-order valence-electron chi connectivity index (χ2n) is 3.05. The van der Waals surface area contributed by atoms with Gasteiger partial charge in [0, 0.05) is 18.0 Å². The van der Waals surface area contributed by atoms with Gasteiger partial charge in [-0.3, -0.25) is 0 Å². The van der Waals surface area contributed by atoms with Gasteiger partial charge in [0.2, 0.25) is 0 Å². The third kappa shape index (κ3) is 3.24. The van der Waals surface area contributed by atoms with Crippen LogP contribution in [-0.4, -0.2) is 13.4 Å². The first-order valence-corrected chi connectivity index (χ1v) is 5.27. The molecule has 14 heavy (non-hydrogen) atoms. The summed E-state index contributed by atoms with van der Waals surface area (Å²) in [5.41, 5.74) is 2.32. The van der Waals surface area contributed by atoms with E-state index in [0.29, 0.717) is 13.0 Å². The fourth-order valence-corrected chi connectivity index (χ4v) is 1.75. The normalized spacial score (nSPS) is 10.1. The fraction of sp³-hybridized carbons (Fsp3) is 0.364. The van der Waals surface area contributed by atoms with Gasteiger partial charge in [-0.1, -0.05) is 22.0 Å². The van der Waals surface area contributed by atoms with Gasteiger partial charge < -0.3 is 9.53 Å². The number of methoxy groups -OCH3 is 1. The first kappa shape index (κ1) is 11.4. The van der Waals surface area contributed by atoms with Crippen LogP contribution in [0.25, 0.3) is 0 Å².